The molecule has 160 valence electrons. The number of thioether (sulfide) groups is 1. The molecule has 8 heteroatoms. The number of hydrogen-bond donors (Lipinski definition) is 0. The van der Waals surface area contributed by atoms with Gasteiger partial charge in [0.15, 0.2) is 0 Å². The Kier molecular flexibility index (Phi) is 5.90. The Balaban J connectivity index is 1.60. The predicted molar refractivity (Wildman–Crippen MR) is 117 cm³/mol. The molecule has 1 fully saturated rings. The maximum absolute atomic E-state index is 13.2. The molecule has 3 aromatic rings. The Bertz CT molecular complexity index is 1090. The summed E-state index contributed by atoms with van der Waals surface area (Å²) in [5.41, 5.74) is 0.288. The van der Waals surface area contributed by atoms with Gasteiger partial charge in [-0.25, -0.2) is 0 Å². The maximum Gasteiger partial charge on any atom is 0.416 e. The number of ether oxygens (including phenoxy) is 1. The van der Waals surface area contributed by atoms with E-state index in [2.05, 4.69) is 0 Å². The monoisotopic (exact) mass is 463 g/mol. The zero-order chi connectivity index (χ0) is 22.2. The van der Waals surface area contributed by atoms with Crippen molar-refractivity contribution < 1.29 is 22.7 Å². The molecule has 0 spiro atoms. The van der Waals surface area contributed by atoms with Crippen molar-refractivity contribution >= 4 is 35.0 Å². The van der Waals surface area contributed by atoms with Crippen LogP contribution in [0.4, 0.5) is 18.9 Å². The Labute approximate surface area is 186 Å². The number of rotatable bonds is 4. The van der Waals surface area contributed by atoms with Gasteiger partial charge in [0.25, 0.3) is 0 Å². The molecular weight excluding hydrogens is 447 g/mol. The van der Waals surface area contributed by atoms with Crippen LogP contribution in [-0.2, 0) is 11.0 Å². The fourth-order valence-electron chi connectivity index (χ4n) is 3.30. The highest BCUT2D eigenvalue weighted by Gasteiger charge is 2.40. The van der Waals surface area contributed by atoms with E-state index in [-0.39, 0.29) is 11.2 Å². The van der Waals surface area contributed by atoms with E-state index < -0.39 is 17.1 Å². The quantitative estimate of drug-likeness (QED) is 0.406. The lowest BCUT2D eigenvalue weighted by molar-refractivity contribution is -0.137. The summed E-state index contributed by atoms with van der Waals surface area (Å²) in [5, 5.41) is -0.320. The van der Waals surface area contributed by atoms with Gasteiger partial charge in [-0.05, 0) is 73.2 Å². The van der Waals surface area contributed by atoms with Gasteiger partial charge >= 0.3 is 6.18 Å². The van der Waals surface area contributed by atoms with Crippen LogP contribution >= 0.6 is 23.4 Å². The molecule has 0 saturated carbocycles. The molecular formula is C23H17ClF3NO2S. The van der Waals surface area contributed by atoms with Crippen molar-refractivity contribution in [3.05, 3.63) is 88.9 Å². The van der Waals surface area contributed by atoms with Crippen molar-refractivity contribution in [1.29, 1.82) is 0 Å². The van der Waals surface area contributed by atoms with Crippen LogP contribution in [0.2, 0.25) is 5.02 Å². The van der Waals surface area contributed by atoms with Crippen LogP contribution in [0.3, 0.4) is 0 Å². The number of carbonyl (C=O) groups excluding carboxylic acids is 1. The molecule has 1 aliphatic rings. The number of anilines is 1. The van der Waals surface area contributed by atoms with Gasteiger partial charge in [-0.15, -0.1) is 11.8 Å². The Morgan fingerprint density at radius 2 is 1.58 bits per heavy atom. The summed E-state index contributed by atoms with van der Waals surface area (Å²) in [7, 11) is 0. The fourth-order valence-corrected chi connectivity index (χ4v) is 4.69. The molecule has 0 N–H and O–H groups in total. The molecule has 31 heavy (non-hydrogen) atoms. The number of hydrogen-bond acceptors (Lipinski definition) is 3. The second-order valence-corrected chi connectivity index (χ2v) is 8.87. The Morgan fingerprint density at radius 1 is 0.968 bits per heavy atom. The largest absolute Gasteiger partial charge is 0.457 e. The van der Waals surface area contributed by atoms with Gasteiger partial charge in [0.2, 0.25) is 5.91 Å². The average molecular weight is 464 g/mol. The normalized spacial score (nSPS) is 19.0. The molecule has 3 nitrogen and oxygen atoms in total. The zero-order valence-corrected chi connectivity index (χ0v) is 17.8. The highest BCUT2D eigenvalue weighted by Crippen LogP contribution is 2.46. The Hall–Kier alpha value is -2.64. The number of amides is 1. The standard InChI is InChI=1S/C23H17ClF3NO2S/c1-14-21(29)28(22(31-14)15-3-2-4-16(13-15)23(25,26)27)18-7-11-20(12-8-18)30-19-9-5-17(24)6-10-19/h2-14,22H,1H3. The average Bonchev–Trinajstić information content (AvgIpc) is 3.04. The van der Waals surface area contributed by atoms with E-state index in [1.165, 1.54) is 22.7 Å². The minimum atomic E-state index is -4.44. The lowest BCUT2D eigenvalue weighted by atomic mass is 10.1. The summed E-state index contributed by atoms with van der Waals surface area (Å²) in [6.07, 6.45) is -4.44. The van der Waals surface area contributed by atoms with Crippen molar-refractivity contribution in [2.45, 2.75) is 23.7 Å². The molecule has 2 unspecified atom stereocenters. The fraction of sp³-hybridized carbons (Fsp3) is 0.174. The highest BCUT2D eigenvalue weighted by molar-refractivity contribution is 8.01. The van der Waals surface area contributed by atoms with E-state index in [1.54, 1.807) is 61.5 Å². The molecule has 3 aromatic carbocycles. The summed E-state index contributed by atoms with van der Waals surface area (Å²) in [5.74, 6) is 1.02. The van der Waals surface area contributed by atoms with Crippen LogP contribution in [0.1, 0.15) is 23.4 Å². The van der Waals surface area contributed by atoms with E-state index in [1.807, 2.05) is 0 Å². The number of nitrogens with zero attached hydrogens (tertiary/aromatic N) is 1. The second kappa shape index (κ2) is 8.48. The third kappa shape index (κ3) is 4.67. The summed E-state index contributed by atoms with van der Waals surface area (Å²) in [6.45, 7) is 1.76. The minimum absolute atomic E-state index is 0.154. The van der Waals surface area contributed by atoms with Gasteiger partial charge < -0.3 is 4.74 Å². The number of alkyl halides is 3. The molecule has 0 aliphatic carbocycles. The van der Waals surface area contributed by atoms with Crippen molar-refractivity contribution in [2.75, 3.05) is 4.90 Å². The molecule has 2 atom stereocenters. The molecule has 0 bridgehead atoms. The summed E-state index contributed by atoms with van der Waals surface area (Å²) in [4.78, 5) is 14.4. The molecule has 1 amide bonds. The number of benzene rings is 3. The zero-order valence-electron chi connectivity index (χ0n) is 16.3. The molecule has 1 aliphatic heterocycles. The van der Waals surface area contributed by atoms with Gasteiger partial charge in [0, 0.05) is 10.7 Å². The van der Waals surface area contributed by atoms with Crippen LogP contribution < -0.4 is 9.64 Å². The predicted octanol–water partition coefficient (Wildman–Crippen LogP) is 7.32. The van der Waals surface area contributed by atoms with E-state index in [0.29, 0.717) is 27.8 Å². The summed E-state index contributed by atoms with van der Waals surface area (Å²) >= 11 is 7.20. The lowest BCUT2D eigenvalue weighted by Crippen LogP contribution is -2.30. The van der Waals surface area contributed by atoms with E-state index in [4.69, 9.17) is 16.3 Å². The van der Waals surface area contributed by atoms with E-state index in [0.717, 1.165) is 12.1 Å². The molecule has 1 saturated heterocycles. The first-order valence-corrected chi connectivity index (χ1v) is 10.7. The van der Waals surface area contributed by atoms with Crippen LogP contribution in [0.15, 0.2) is 72.8 Å². The van der Waals surface area contributed by atoms with E-state index in [9.17, 15) is 18.0 Å². The van der Waals surface area contributed by atoms with Crippen molar-refractivity contribution in [1.82, 2.24) is 0 Å². The molecule has 0 radical (unpaired) electrons. The van der Waals surface area contributed by atoms with Crippen molar-refractivity contribution in [2.24, 2.45) is 0 Å². The number of halogens is 4. The van der Waals surface area contributed by atoms with Crippen LogP contribution in [0.5, 0.6) is 11.5 Å². The van der Waals surface area contributed by atoms with Gasteiger partial charge in [-0.1, -0.05) is 23.7 Å². The molecule has 1 heterocycles. The smallest absolute Gasteiger partial charge is 0.416 e. The van der Waals surface area contributed by atoms with Crippen LogP contribution in [0.25, 0.3) is 0 Å². The van der Waals surface area contributed by atoms with Gasteiger partial charge in [-0.3, -0.25) is 9.69 Å². The second-order valence-electron chi connectivity index (χ2n) is 7.01. The van der Waals surface area contributed by atoms with Crippen molar-refractivity contribution in [3.63, 3.8) is 0 Å². The van der Waals surface area contributed by atoms with E-state index >= 15 is 0 Å². The first-order chi connectivity index (χ1) is 14.7. The number of carbonyl (C=O) groups is 1. The topological polar surface area (TPSA) is 29.5 Å². The van der Waals surface area contributed by atoms with Crippen LogP contribution in [-0.4, -0.2) is 11.2 Å². The lowest BCUT2D eigenvalue weighted by Gasteiger charge is -2.25. The summed E-state index contributed by atoms with van der Waals surface area (Å²) in [6, 6.07) is 18.9. The summed E-state index contributed by atoms with van der Waals surface area (Å²) < 4.78 is 45.3. The SMILES string of the molecule is CC1SC(c2cccc(C(F)(F)F)c2)N(c2ccc(Oc3ccc(Cl)cc3)cc2)C1=O. The third-order valence-corrected chi connectivity index (χ3v) is 6.42. The first kappa shape index (κ1) is 21.6. The molecule has 4 rings (SSSR count). The first-order valence-electron chi connectivity index (χ1n) is 9.41. The van der Waals surface area contributed by atoms with Gasteiger partial charge in [0.1, 0.15) is 16.9 Å². The maximum atomic E-state index is 13.2. The minimum Gasteiger partial charge on any atom is -0.457 e. The van der Waals surface area contributed by atoms with Crippen molar-refractivity contribution in [3.8, 4) is 11.5 Å². The van der Waals surface area contributed by atoms with Gasteiger partial charge in [0.05, 0.1) is 10.8 Å². The van der Waals surface area contributed by atoms with Gasteiger partial charge in [-0.2, -0.15) is 13.2 Å². The van der Waals surface area contributed by atoms with Crippen LogP contribution in [0, 0.1) is 0 Å². The Morgan fingerprint density at radius 3 is 2.19 bits per heavy atom. The third-order valence-electron chi connectivity index (χ3n) is 4.82. The highest BCUT2D eigenvalue weighted by atomic mass is 35.5. The molecule has 0 aromatic heterocycles.